The van der Waals surface area contributed by atoms with Crippen LogP contribution >= 0.6 is 12.4 Å². The molecule has 3 aromatic rings. The molecule has 35 heavy (non-hydrogen) atoms. The lowest BCUT2D eigenvalue weighted by Crippen LogP contribution is -2.40. The van der Waals surface area contributed by atoms with E-state index in [4.69, 9.17) is 16.2 Å². The Labute approximate surface area is 207 Å². The summed E-state index contributed by atoms with van der Waals surface area (Å²) >= 11 is 0. The van der Waals surface area contributed by atoms with E-state index in [1.54, 1.807) is 29.9 Å². The molecular weight excluding hydrogens is 471 g/mol. The van der Waals surface area contributed by atoms with E-state index in [2.05, 4.69) is 11.1 Å². The van der Waals surface area contributed by atoms with Crippen LogP contribution in [-0.4, -0.2) is 35.2 Å². The molecule has 4 N–H and O–H groups in total. The zero-order valence-corrected chi connectivity index (χ0v) is 19.3. The van der Waals surface area contributed by atoms with Crippen LogP contribution in [0.3, 0.4) is 0 Å². The van der Waals surface area contributed by atoms with Crippen LogP contribution in [0.2, 0.25) is 0 Å². The first-order valence-electron chi connectivity index (χ1n) is 10.6. The Morgan fingerprint density at radius 2 is 1.77 bits per heavy atom. The molecule has 0 bridgehead atoms. The lowest BCUT2D eigenvalue weighted by Gasteiger charge is -2.32. The first kappa shape index (κ1) is 25.6. The number of nitrogens with zero attached hydrogens (tertiary/aromatic N) is 4. The minimum absolute atomic E-state index is 0. The molecule has 178 valence electrons. The van der Waals surface area contributed by atoms with Gasteiger partial charge in [0.1, 0.15) is 29.3 Å². The topological polar surface area (TPSA) is 139 Å². The molecule has 0 radical (unpaired) electrons. The van der Waals surface area contributed by atoms with E-state index >= 15 is 0 Å². The van der Waals surface area contributed by atoms with Crippen molar-refractivity contribution < 1.29 is 14.4 Å². The number of hydroxylamine groups is 1. The number of nitrogens with one attached hydrogen (secondary N) is 1. The number of benzene rings is 2. The Bertz CT molecular complexity index is 1330. The molecule has 0 saturated carbocycles. The Morgan fingerprint density at radius 3 is 2.34 bits per heavy atom. The Balaban J connectivity index is 0.00000342. The van der Waals surface area contributed by atoms with E-state index in [1.165, 1.54) is 24.3 Å². The fourth-order valence-electron chi connectivity index (χ4n) is 4.10. The van der Waals surface area contributed by atoms with Crippen LogP contribution in [-0.2, 0) is 0 Å². The number of hydrogen-bond acceptors (Lipinski definition) is 7. The van der Waals surface area contributed by atoms with Crippen molar-refractivity contribution in [1.82, 2.24) is 10.5 Å². The molecule has 0 atom stereocenters. The average molecular weight is 493 g/mol. The Hall–Kier alpha value is -4.02. The molecule has 1 aliphatic rings. The van der Waals surface area contributed by atoms with Gasteiger partial charge in [0.05, 0.1) is 5.56 Å². The monoisotopic (exact) mass is 492 g/mol. The number of pyridine rings is 1. The molecule has 1 aliphatic heterocycles. The van der Waals surface area contributed by atoms with Crippen LogP contribution in [0, 0.1) is 28.5 Å². The molecule has 0 spiro atoms. The SMILES string of the molecule is Cl.N#Cc1ccc(-c2c(-c3ccc(C(=O)NO)cc3)cnc(N3CCC(N)CC3)c2C#N)cc1F. The summed E-state index contributed by atoms with van der Waals surface area (Å²) in [5.41, 5.74) is 10.2. The number of anilines is 1. The Morgan fingerprint density at radius 1 is 1.11 bits per heavy atom. The molecule has 0 unspecified atom stereocenters. The fourth-order valence-corrected chi connectivity index (χ4v) is 4.10. The molecule has 1 saturated heterocycles. The third-order valence-electron chi connectivity index (χ3n) is 5.95. The van der Waals surface area contributed by atoms with Crippen LogP contribution in [0.5, 0.6) is 0 Å². The van der Waals surface area contributed by atoms with Gasteiger partial charge in [-0.15, -0.1) is 12.4 Å². The minimum Gasteiger partial charge on any atom is -0.355 e. The summed E-state index contributed by atoms with van der Waals surface area (Å²) in [6.45, 7) is 1.29. The second kappa shape index (κ2) is 10.9. The van der Waals surface area contributed by atoms with Crippen molar-refractivity contribution in [2.45, 2.75) is 18.9 Å². The maximum Gasteiger partial charge on any atom is 0.274 e. The van der Waals surface area contributed by atoms with E-state index in [1.807, 2.05) is 11.0 Å². The van der Waals surface area contributed by atoms with Gasteiger partial charge < -0.3 is 10.6 Å². The molecule has 1 amide bonds. The van der Waals surface area contributed by atoms with Gasteiger partial charge in [0.2, 0.25) is 0 Å². The average Bonchev–Trinajstić information content (AvgIpc) is 2.88. The van der Waals surface area contributed by atoms with E-state index in [0.717, 1.165) is 12.8 Å². The van der Waals surface area contributed by atoms with Gasteiger partial charge in [0.25, 0.3) is 5.91 Å². The highest BCUT2D eigenvalue weighted by Gasteiger charge is 2.25. The van der Waals surface area contributed by atoms with Crippen LogP contribution in [0.4, 0.5) is 10.2 Å². The molecule has 0 aliphatic carbocycles. The predicted octanol–water partition coefficient (Wildman–Crippen LogP) is 3.77. The van der Waals surface area contributed by atoms with Crippen LogP contribution in [0.15, 0.2) is 48.7 Å². The molecule has 10 heteroatoms. The highest BCUT2D eigenvalue weighted by molar-refractivity contribution is 5.95. The smallest absolute Gasteiger partial charge is 0.274 e. The molecular formula is C25H22ClFN6O2. The van der Waals surface area contributed by atoms with Crippen molar-refractivity contribution in [2.24, 2.45) is 5.73 Å². The van der Waals surface area contributed by atoms with Gasteiger partial charge in [-0.1, -0.05) is 18.2 Å². The standard InChI is InChI=1S/C25H21FN6O2.ClH/c26-22-11-17(5-6-18(22)12-27)23-20(13-28)24(32-9-7-19(29)8-10-32)30-14-21(23)15-1-3-16(4-2-15)25(33)31-34;/h1-6,11,14,19,34H,7-10,29H2,(H,31,33);1H. The first-order chi connectivity index (χ1) is 16.5. The molecule has 2 aromatic carbocycles. The highest BCUT2D eigenvalue weighted by Crippen LogP contribution is 2.39. The number of nitriles is 2. The van der Waals surface area contributed by atoms with Gasteiger partial charge in [0, 0.05) is 42.0 Å². The normalized spacial score (nSPS) is 13.3. The summed E-state index contributed by atoms with van der Waals surface area (Å²) in [7, 11) is 0. The van der Waals surface area contributed by atoms with Crippen molar-refractivity contribution in [2.75, 3.05) is 18.0 Å². The van der Waals surface area contributed by atoms with Crippen molar-refractivity contribution in [1.29, 1.82) is 10.5 Å². The van der Waals surface area contributed by atoms with Crippen molar-refractivity contribution in [3.8, 4) is 34.4 Å². The number of piperidine rings is 1. The van der Waals surface area contributed by atoms with E-state index in [-0.39, 0.29) is 35.1 Å². The molecule has 8 nitrogen and oxygen atoms in total. The summed E-state index contributed by atoms with van der Waals surface area (Å²) in [4.78, 5) is 18.3. The number of aromatic nitrogens is 1. The zero-order valence-electron chi connectivity index (χ0n) is 18.5. The maximum absolute atomic E-state index is 14.6. The number of carbonyl (C=O) groups excluding carboxylic acids is 1. The summed E-state index contributed by atoms with van der Waals surface area (Å²) in [5, 5.41) is 28.1. The molecule has 1 aromatic heterocycles. The minimum atomic E-state index is -0.688. The van der Waals surface area contributed by atoms with Gasteiger partial charge >= 0.3 is 0 Å². The number of amides is 1. The lowest BCUT2D eigenvalue weighted by atomic mass is 9.91. The van der Waals surface area contributed by atoms with Crippen molar-refractivity contribution in [3.05, 3.63) is 71.2 Å². The van der Waals surface area contributed by atoms with Gasteiger partial charge in [0.15, 0.2) is 0 Å². The largest absolute Gasteiger partial charge is 0.355 e. The number of hydrogen-bond donors (Lipinski definition) is 3. The summed E-state index contributed by atoms with van der Waals surface area (Å²) < 4.78 is 14.6. The second-order valence-corrected chi connectivity index (χ2v) is 8.01. The van der Waals surface area contributed by atoms with Crippen LogP contribution in [0.25, 0.3) is 22.3 Å². The first-order valence-corrected chi connectivity index (χ1v) is 10.6. The second-order valence-electron chi connectivity index (χ2n) is 8.01. The van der Waals surface area contributed by atoms with E-state index < -0.39 is 11.7 Å². The fraction of sp³-hybridized carbons (Fsp3) is 0.200. The van der Waals surface area contributed by atoms with Gasteiger partial charge in [-0.3, -0.25) is 10.0 Å². The van der Waals surface area contributed by atoms with Gasteiger partial charge in [-0.05, 0) is 48.2 Å². The Kier molecular flexibility index (Phi) is 8.00. The summed E-state index contributed by atoms with van der Waals surface area (Å²) in [6.07, 6.45) is 3.16. The van der Waals surface area contributed by atoms with E-state index in [9.17, 15) is 14.4 Å². The quantitative estimate of drug-likeness (QED) is 0.372. The number of rotatable bonds is 4. The summed E-state index contributed by atoms with van der Waals surface area (Å²) in [6, 6.07) is 14.7. The molecule has 2 heterocycles. The zero-order chi connectivity index (χ0) is 24.2. The van der Waals surface area contributed by atoms with Crippen molar-refractivity contribution >= 4 is 24.1 Å². The number of nitrogens with two attached hydrogens (primary N) is 1. The van der Waals surface area contributed by atoms with E-state index in [0.29, 0.717) is 41.2 Å². The maximum atomic E-state index is 14.6. The highest BCUT2D eigenvalue weighted by atomic mass is 35.5. The summed E-state index contributed by atoms with van der Waals surface area (Å²) in [5.74, 6) is -0.850. The third-order valence-corrected chi connectivity index (χ3v) is 5.95. The molecule has 4 rings (SSSR count). The van der Waals surface area contributed by atoms with Crippen LogP contribution < -0.4 is 16.1 Å². The predicted molar refractivity (Wildman–Crippen MR) is 130 cm³/mol. The number of carbonyl (C=O) groups is 1. The van der Waals surface area contributed by atoms with Crippen molar-refractivity contribution in [3.63, 3.8) is 0 Å². The molecule has 1 fully saturated rings. The number of halogens is 2. The van der Waals surface area contributed by atoms with Gasteiger partial charge in [-0.2, -0.15) is 10.5 Å². The van der Waals surface area contributed by atoms with Crippen LogP contribution in [0.1, 0.15) is 34.3 Å². The van der Waals surface area contributed by atoms with Gasteiger partial charge in [-0.25, -0.2) is 14.9 Å². The lowest BCUT2D eigenvalue weighted by molar-refractivity contribution is 0.0706. The third kappa shape index (κ3) is 5.08.